The number of rotatable bonds is 7. The predicted octanol–water partition coefficient (Wildman–Crippen LogP) is 7.13. The number of aryl methyl sites for hydroxylation is 2. The van der Waals surface area contributed by atoms with Gasteiger partial charge in [0.15, 0.2) is 11.6 Å². The van der Waals surface area contributed by atoms with E-state index in [0.717, 1.165) is 38.5 Å². The summed E-state index contributed by atoms with van der Waals surface area (Å²) in [5.74, 6) is -0.929. The van der Waals surface area contributed by atoms with Gasteiger partial charge in [-0.25, -0.2) is 4.39 Å². The molecular formula is C25H30F2O. The van der Waals surface area contributed by atoms with E-state index in [1.807, 2.05) is 0 Å². The molecule has 150 valence electrons. The second kappa shape index (κ2) is 9.86. The molecule has 0 spiro atoms. The van der Waals surface area contributed by atoms with Crippen molar-refractivity contribution in [1.82, 2.24) is 0 Å². The molecule has 3 heteroatoms. The molecule has 0 N–H and O–H groups in total. The molecule has 2 aromatic carbocycles. The number of hydrogen-bond acceptors (Lipinski definition) is 1. The van der Waals surface area contributed by atoms with E-state index < -0.39 is 11.6 Å². The molecule has 1 aliphatic rings. The van der Waals surface area contributed by atoms with Gasteiger partial charge in [-0.05, 0) is 81.4 Å². The monoisotopic (exact) mass is 384 g/mol. The van der Waals surface area contributed by atoms with Crippen molar-refractivity contribution < 1.29 is 13.5 Å². The van der Waals surface area contributed by atoms with Crippen LogP contribution < -0.4 is 4.74 Å². The molecule has 1 saturated carbocycles. The molecule has 0 aromatic heterocycles. The zero-order valence-electron chi connectivity index (χ0n) is 16.9. The van der Waals surface area contributed by atoms with Crippen LogP contribution in [0.1, 0.15) is 61.6 Å². The van der Waals surface area contributed by atoms with Crippen LogP contribution in [0.25, 0.3) is 0 Å². The second-order valence-electron chi connectivity index (χ2n) is 7.78. The number of ether oxygens (including phenoxy) is 1. The summed E-state index contributed by atoms with van der Waals surface area (Å²) in [5, 5.41) is 0. The molecule has 28 heavy (non-hydrogen) atoms. The summed E-state index contributed by atoms with van der Waals surface area (Å²) < 4.78 is 33.7. The highest BCUT2D eigenvalue weighted by atomic mass is 19.2. The van der Waals surface area contributed by atoms with E-state index in [4.69, 9.17) is 4.74 Å². The largest absolute Gasteiger partial charge is 0.491 e. The minimum atomic E-state index is -0.850. The van der Waals surface area contributed by atoms with Gasteiger partial charge in [-0.3, -0.25) is 0 Å². The van der Waals surface area contributed by atoms with Crippen molar-refractivity contribution in [2.45, 2.75) is 58.3 Å². The van der Waals surface area contributed by atoms with E-state index in [0.29, 0.717) is 18.1 Å². The van der Waals surface area contributed by atoms with Crippen LogP contribution in [-0.4, -0.2) is 6.61 Å². The fraction of sp³-hybridized carbons (Fsp3) is 0.440. The first kappa shape index (κ1) is 20.6. The first-order valence-electron chi connectivity index (χ1n) is 10.4. The highest BCUT2D eigenvalue weighted by Gasteiger charge is 2.25. The maximum absolute atomic E-state index is 14.4. The summed E-state index contributed by atoms with van der Waals surface area (Å²) in [5.41, 5.74) is 3.16. The molecule has 0 saturated heterocycles. The van der Waals surface area contributed by atoms with Gasteiger partial charge >= 0.3 is 0 Å². The normalized spacial score (nSPS) is 19.9. The molecule has 0 amide bonds. The van der Waals surface area contributed by atoms with E-state index in [2.05, 4.69) is 43.3 Å². The Hall–Kier alpha value is -2.16. The zero-order valence-corrected chi connectivity index (χ0v) is 16.9. The third kappa shape index (κ3) is 5.21. The van der Waals surface area contributed by atoms with Crippen LogP contribution in [0.5, 0.6) is 5.75 Å². The summed E-state index contributed by atoms with van der Waals surface area (Å²) in [6.45, 7) is 4.20. The molecule has 0 unspecified atom stereocenters. The van der Waals surface area contributed by atoms with Crippen LogP contribution in [-0.2, 0) is 6.42 Å². The first-order chi connectivity index (χ1) is 13.6. The van der Waals surface area contributed by atoms with E-state index >= 15 is 0 Å². The van der Waals surface area contributed by atoms with E-state index in [1.54, 1.807) is 19.1 Å². The molecule has 0 bridgehead atoms. The zero-order chi connectivity index (χ0) is 19.9. The summed E-state index contributed by atoms with van der Waals surface area (Å²) in [6, 6.07) is 12.0. The Kier molecular flexibility index (Phi) is 7.24. The van der Waals surface area contributed by atoms with E-state index in [1.165, 1.54) is 11.1 Å². The van der Waals surface area contributed by atoms with E-state index in [-0.39, 0.29) is 11.7 Å². The fourth-order valence-electron chi connectivity index (χ4n) is 4.05. The highest BCUT2D eigenvalue weighted by molar-refractivity contribution is 5.33. The molecule has 0 aliphatic heterocycles. The number of hydrogen-bond donors (Lipinski definition) is 0. The molecule has 0 radical (unpaired) electrons. The summed E-state index contributed by atoms with van der Waals surface area (Å²) in [7, 11) is 0. The molecule has 1 fully saturated rings. The smallest absolute Gasteiger partial charge is 0.200 e. The van der Waals surface area contributed by atoms with Crippen molar-refractivity contribution in [3.63, 3.8) is 0 Å². The molecular weight excluding hydrogens is 354 g/mol. The average Bonchev–Trinajstić information content (AvgIpc) is 2.71. The minimum absolute atomic E-state index is 0.00828. The first-order valence-corrected chi connectivity index (χ1v) is 10.4. The van der Waals surface area contributed by atoms with Crippen LogP contribution in [0.3, 0.4) is 0 Å². The SMILES string of the molecule is CCOc1ccc(C2CCC(/C=C/CCc3ccc(C)cc3)CC2)c(F)c1F. The molecule has 0 heterocycles. The van der Waals surface area contributed by atoms with Crippen molar-refractivity contribution >= 4 is 0 Å². The Balaban J connectivity index is 1.49. The number of allylic oxidation sites excluding steroid dienone is 2. The quantitative estimate of drug-likeness (QED) is 0.461. The van der Waals surface area contributed by atoms with Gasteiger partial charge in [0.05, 0.1) is 6.61 Å². The average molecular weight is 385 g/mol. The minimum Gasteiger partial charge on any atom is -0.491 e. The van der Waals surface area contributed by atoms with Crippen LogP contribution >= 0.6 is 0 Å². The lowest BCUT2D eigenvalue weighted by atomic mass is 9.78. The predicted molar refractivity (Wildman–Crippen MR) is 111 cm³/mol. The molecule has 0 atom stereocenters. The lowest BCUT2D eigenvalue weighted by Crippen LogP contribution is -2.14. The highest BCUT2D eigenvalue weighted by Crippen LogP contribution is 2.39. The van der Waals surface area contributed by atoms with E-state index in [9.17, 15) is 8.78 Å². The molecule has 2 aromatic rings. The van der Waals surface area contributed by atoms with Crippen molar-refractivity contribution in [2.24, 2.45) is 5.92 Å². The lowest BCUT2D eigenvalue weighted by Gasteiger charge is -2.27. The molecule has 1 aliphatic carbocycles. The fourth-order valence-corrected chi connectivity index (χ4v) is 4.05. The Morgan fingerprint density at radius 1 is 0.964 bits per heavy atom. The van der Waals surface area contributed by atoms with Crippen molar-refractivity contribution in [1.29, 1.82) is 0 Å². The summed E-state index contributed by atoms with van der Waals surface area (Å²) >= 11 is 0. The lowest BCUT2D eigenvalue weighted by molar-refractivity contribution is 0.310. The Bertz CT molecular complexity index is 787. The molecule has 1 nitrogen and oxygen atoms in total. The van der Waals surface area contributed by atoms with Crippen molar-refractivity contribution in [3.8, 4) is 5.75 Å². The van der Waals surface area contributed by atoms with Gasteiger partial charge in [-0.1, -0.05) is 48.0 Å². The number of halogens is 2. The Morgan fingerprint density at radius 2 is 1.68 bits per heavy atom. The third-order valence-corrected chi connectivity index (χ3v) is 5.72. The summed E-state index contributed by atoms with van der Waals surface area (Å²) in [4.78, 5) is 0. The van der Waals surface area contributed by atoms with Crippen LogP contribution in [0.15, 0.2) is 48.6 Å². The van der Waals surface area contributed by atoms with Gasteiger partial charge in [-0.2, -0.15) is 4.39 Å². The Labute approximate surface area is 167 Å². The van der Waals surface area contributed by atoms with Crippen LogP contribution in [0, 0.1) is 24.5 Å². The Morgan fingerprint density at radius 3 is 2.36 bits per heavy atom. The number of benzene rings is 2. The van der Waals surface area contributed by atoms with Gasteiger partial charge in [0.1, 0.15) is 0 Å². The molecule has 3 rings (SSSR count). The van der Waals surface area contributed by atoms with Gasteiger partial charge in [0, 0.05) is 0 Å². The van der Waals surface area contributed by atoms with Gasteiger partial charge in [0.2, 0.25) is 5.82 Å². The topological polar surface area (TPSA) is 9.23 Å². The van der Waals surface area contributed by atoms with Gasteiger partial charge in [0.25, 0.3) is 0 Å². The second-order valence-corrected chi connectivity index (χ2v) is 7.78. The van der Waals surface area contributed by atoms with Gasteiger partial charge < -0.3 is 4.74 Å². The van der Waals surface area contributed by atoms with Crippen LogP contribution in [0.2, 0.25) is 0 Å². The third-order valence-electron chi connectivity index (χ3n) is 5.72. The summed E-state index contributed by atoms with van der Waals surface area (Å²) in [6.07, 6.45) is 10.6. The standard InChI is InChI=1S/C25H30F2O/c1-3-28-23-17-16-22(24(26)25(23)27)21-14-12-20(13-15-21)7-5-4-6-19-10-8-18(2)9-11-19/h5,7-11,16-17,20-21H,3-4,6,12-15H2,1-2H3/b7-5+. The van der Waals surface area contributed by atoms with Crippen molar-refractivity contribution in [3.05, 3.63) is 76.9 Å². The van der Waals surface area contributed by atoms with Gasteiger partial charge in [-0.15, -0.1) is 0 Å². The maximum Gasteiger partial charge on any atom is 0.200 e. The van der Waals surface area contributed by atoms with Crippen molar-refractivity contribution in [2.75, 3.05) is 6.61 Å². The maximum atomic E-state index is 14.4. The van der Waals surface area contributed by atoms with Crippen LogP contribution in [0.4, 0.5) is 8.78 Å².